The van der Waals surface area contributed by atoms with E-state index in [4.69, 9.17) is 10.8 Å². The largest absolute Gasteiger partial charge is 0.477 e. The van der Waals surface area contributed by atoms with E-state index in [1.54, 1.807) is 29.7 Å². The molecule has 0 aliphatic rings. The highest BCUT2D eigenvalue weighted by atomic mass is 32.1. The predicted molar refractivity (Wildman–Crippen MR) is 70.5 cm³/mol. The monoisotopic (exact) mass is 265 g/mol. The van der Waals surface area contributed by atoms with Gasteiger partial charge in [0.1, 0.15) is 10.7 Å². The van der Waals surface area contributed by atoms with E-state index in [0.717, 1.165) is 5.01 Å². The summed E-state index contributed by atoms with van der Waals surface area (Å²) >= 11 is 1.59. The third-order valence-corrected chi connectivity index (χ3v) is 2.98. The summed E-state index contributed by atoms with van der Waals surface area (Å²) in [6, 6.07) is 4.76. The first-order valence-electron chi connectivity index (χ1n) is 5.24. The fraction of sp³-hybridized carbons (Fsp3) is 0.250. The van der Waals surface area contributed by atoms with Crippen LogP contribution in [0.4, 0.5) is 0 Å². The Kier molecular flexibility index (Phi) is 4.94. The molecule has 3 N–H and O–H groups in total. The normalized spacial score (nSPS) is 10.4. The molecule has 0 radical (unpaired) electrons. The zero-order valence-electron chi connectivity index (χ0n) is 10.2. The van der Waals surface area contributed by atoms with Crippen molar-refractivity contribution in [2.24, 2.45) is 5.73 Å². The zero-order valence-corrected chi connectivity index (χ0v) is 11.0. The van der Waals surface area contributed by atoms with E-state index in [1.807, 2.05) is 19.2 Å². The standard InChI is InChI=1S/C6H10N2S.C6H5NO2/c1-6(2,7)5-8-3-4-9-5;8-6(9)5-3-1-2-4-7-5/h3-4H,7H2,1-2H3;1-4H,(H,8,9). The number of hydrogen-bond acceptors (Lipinski definition) is 5. The lowest BCUT2D eigenvalue weighted by molar-refractivity contribution is 0.0690. The molecule has 0 fully saturated rings. The first-order valence-corrected chi connectivity index (χ1v) is 6.12. The number of carboxylic acid groups (broad SMARTS) is 1. The fourth-order valence-corrected chi connectivity index (χ4v) is 1.71. The van der Waals surface area contributed by atoms with Crippen LogP contribution in [-0.2, 0) is 5.54 Å². The van der Waals surface area contributed by atoms with Crippen molar-refractivity contribution < 1.29 is 9.90 Å². The van der Waals surface area contributed by atoms with Gasteiger partial charge >= 0.3 is 5.97 Å². The van der Waals surface area contributed by atoms with Gasteiger partial charge in [-0.25, -0.2) is 14.8 Å². The zero-order chi connectivity index (χ0) is 13.6. The molecule has 0 bridgehead atoms. The van der Waals surface area contributed by atoms with Crippen LogP contribution in [0, 0.1) is 0 Å². The summed E-state index contributed by atoms with van der Waals surface area (Å²) in [5.74, 6) is -0.990. The second-order valence-corrected chi connectivity index (χ2v) is 4.97. The smallest absolute Gasteiger partial charge is 0.354 e. The second kappa shape index (κ2) is 6.23. The second-order valence-electron chi connectivity index (χ2n) is 4.08. The molecule has 2 rings (SSSR count). The number of aromatic nitrogens is 2. The van der Waals surface area contributed by atoms with E-state index >= 15 is 0 Å². The molecule has 0 atom stereocenters. The fourth-order valence-electron chi connectivity index (χ4n) is 1.03. The Bertz CT molecular complexity index is 478. The molecule has 6 heteroatoms. The molecule has 96 valence electrons. The van der Waals surface area contributed by atoms with Crippen LogP contribution in [0.5, 0.6) is 0 Å². The van der Waals surface area contributed by atoms with E-state index in [2.05, 4.69) is 9.97 Å². The Hall–Kier alpha value is -1.79. The molecule has 2 aromatic rings. The van der Waals surface area contributed by atoms with Gasteiger partial charge in [0, 0.05) is 17.8 Å². The molecule has 0 aromatic carbocycles. The number of pyridine rings is 1. The third kappa shape index (κ3) is 4.60. The van der Waals surface area contributed by atoms with Gasteiger partial charge < -0.3 is 10.8 Å². The van der Waals surface area contributed by atoms with Crippen LogP contribution in [0.2, 0.25) is 0 Å². The van der Waals surface area contributed by atoms with Crippen LogP contribution in [-0.4, -0.2) is 21.0 Å². The number of nitrogens with two attached hydrogens (primary N) is 1. The van der Waals surface area contributed by atoms with E-state index in [0.29, 0.717) is 0 Å². The maximum atomic E-state index is 10.1. The van der Waals surface area contributed by atoms with Gasteiger partial charge in [-0.3, -0.25) is 0 Å². The number of carboxylic acids is 1. The molecule has 2 heterocycles. The lowest BCUT2D eigenvalue weighted by atomic mass is 10.1. The molecule has 0 unspecified atom stereocenters. The number of aromatic carboxylic acids is 1. The van der Waals surface area contributed by atoms with Crippen molar-refractivity contribution in [3.8, 4) is 0 Å². The van der Waals surface area contributed by atoms with Gasteiger partial charge in [-0.1, -0.05) is 6.07 Å². The lowest BCUT2D eigenvalue weighted by Crippen LogP contribution is -2.28. The van der Waals surface area contributed by atoms with Gasteiger partial charge in [0.25, 0.3) is 0 Å². The summed E-state index contributed by atoms with van der Waals surface area (Å²) in [6.45, 7) is 3.90. The Morgan fingerprint density at radius 3 is 2.33 bits per heavy atom. The number of thiazole rings is 1. The minimum Gasteiger partial charge on any atom is -0.477 e. The molecular formula is C12H15N3O2S. The first-order chi connectivity index (χ1) is 8.41. The Labute approximate surface area is 109 Å². The Morgan fingerprint density at radius 2 is 2.06 bits per heavy atom. The van der Waals surface area contributed by atoms with Gasteiger partial charge in [-0.05, 0) is 26.0 Å². The molecule has 0 saturated heterocycles. The van der Waals surface area contributed by atoms with Crippen molar-refractivity contribution in [3.05, 3.63) is 46.7 Å². The quantitative estimate of drug-likeness (QED) is 0.868. The summed E-state index contributed by atoms with van der Waals surface area (Å²) < 4.78 is 0. The molecule has 0 amide bonds. The van der Waals surface area contributed by atoms with Crippen LogP contribution >= 0.6 is 11.3 Å². The van der Waals surface area contributed by atoms with Gasteiger partial charge in [-0.15, -0.1) is 11.3 Å². The molecule has 18 heavy (non-hydrogen) atoms. The minimum absolute atomic E-state index is 0.0810. The SMILES string of the molecule is CC(C)(N)c1nccs1.O=C(O)c1ccccn1. The average molecular weight is 265 g/mol. The van der Waals surface area contributed by atoms with Gasteiger partial charge in [0.2, 0.25) is 0 Å². The van der Waals surface area contributed by atoms with Gasteiger partial charge in [0.05, 0.1) is 5.54 Å². The molecular weight excluding hydrogens is 250 g/mol. The predicted octanol–water partition coefficient (Wildman–Crippen LogP) is 2.12. The Morgan fingerprint density at radius 1 is 1.33 bits per heavy atom. The van der Waals surface area contributed by atoms with Crippen molar-refractivity contribution >= 4 is 17.3 Å². The molecule has 0 spiro atoms. The number of nitrogens with zero attached hydrogens (tertiary/aromatic N) is 2. The van der Waals surface area contributed by atoms with Crippen molar-refractivity contribution in [1.82, 2.24) is 9.97 Å². The van der Waals surface area contributed by atoms with E-state index in [9.17, 15) is 4.79 Å². The Balaban J connectivity index is 0.000000180. The van der Waals surface area contributed by atoms with Crippen molar-refractivity contribution in [2.45, 2.75) is 19.4 Å². The van der Waals surface area contributed by atoms with E-state index < -0.39 is 5.97 Å². The summed E-state index contributed by atoms with van der Waals surface area (Å²) in [5, 5.41) is 11.2. The summed E-state index contributed by atoms with van der Waals surface area (Å²) in [6.07, 6.45) is 3.22. The number of hydrogen-bond donors (Lipinski definition) is 2. The number of rotatable bonds is 2. The summed E-state index contributed by atoms with van der Waals surface area (Å²) in [4.78, 5) is 17.8. The first kappa shape index (κ1) is 14.3. The molecule has 5 nitrogen and oxygen atoms in total. The highest BCUT2D eigenvalue weighted by Crippen LogP contribution is 2.17. The van der Waals surface area contributed by atoms with Crippen LogP contribution in [0.1, 0.15) is 29.3 Å². The summed E-state index contributed by atoms with van der Waals surface area (Å²) in [7, 11) is 0. The molecule has 2 aromatic heterocycles. The van der Waals surface area contributed by atoms with Crippen molar-refractivity contribution in [1.29, 1.82) is 0 Å². The number of carbonyl (C=O) groups is 1. The van der Waals surface area contributed by atoms with Gasteiger partial charge in [-0.2, -0.15) is 0 Å². The highest BCUT2D eigenvalue weighted by molar-refractivity contribution is 7.09. The highest BCUT2D eigenvalue weighted by Gasteiger charge is 2.15. The van der Waals surface area contributed by atoms with Crippen LogP contribution in [0.15, 0.2) is 36.0 Å². The lowest BCUT2D eigenvalue weighted by Gasteiger charge is -2.13. The van der Waals surface area contributed by atoms with Crippen LogP contribution in [0.3, 0.4) is 0 Å². The third-order valence-electron chi connectivity index (χ3n) is 1.87. The molecule has 0 saturated carbocycles. The van der Waals surface area contributed by atoms with Gasteiger partial charge in [0.15, 0.2) is 0 Å². The van der Waals surface area contributed by atoms with Crippen LogP contribution < -0.4 is 5.73 Å². The molecule has 0 aliphatic heterocycles. The average Bonchev–Trinajstić information content (AvgIpc) is 2.84. The van der Waals surface area contributed by atoms with Crippen molar-refractivity contribution in [3.63, 3.8) is 0 Å². The summed E-state index contributed by atoms with van der Waals surface area (Å²) in [5.41, 5.74) is 5.56. The minimum atomic E-state index is -0.990. The van der Waals surface area contributed by atoms with Crippen molar-refractivity contribution in [2.75, 3.05) is 0 Å². The maximum Gasteiger partial charge on any atom is 0.354 e. The van der Waals surface area contributed by atoms with E-state index in [1.165, 1.54) is 12.3 Å². The molecule has 0 aliphatic carbocycles. The van der Waals surface area contributed by atoms with Crippen LogP contribution in [0.25, 0.3) is 0 Å². The topological polar surface area (TPSA) is 89.1 Å². The van der Waals surface area contributed by atoms with E-state index in [-0.39, 0.29) is 11.2 Å². The maximum absolute atomic E-state index is 10.1.